The van der Waals surface area contributed by atoms with E-state index in [1.165, 1.54) is 13.2 Å². The Kier molecular flexibility index (Phi) is 7.65. The van der Waals surface area contributed by atoms with Crippen LogP contribution in [0.4, 0.5) is 5.69 Å². The van der Waals surface area contributed by atoms with Crippen LogP contribution in [0.1, 0.15) is 55.1 Å². The molecule has 0 aliphatic rings. The molecule has 0 atom stereocenters. The quantitative estimate of drug-likeness (QED) is 0.651. The number of carbonyl (C=O) groups is 2. The van der Waals surface area contributed by atoms with Gasteiger partial charge in [0.15, 0.2) is 18.1 Å². The maximum Gasteiger partial charge on any atom is 0.338 e. The van der Waals surface area contributed by atoms with Crippen molar-refractivity contribution >= 4 is 17.6 Å². The van der Waals surface area contributed by atoms with Crippen molar-refractivity contribution in [2.24, 2.45) is 0 Å². The highest BCUT2D eigenvalue weighted by atomic mass is 16.5. The number of anilines is 1. The second-order valence-corrected chi connectivity index (χ2v) is 7.35. The first-order valence-electron chi connectivity index (χ1n) is 9.64. The van der Waals surface area contributed by atoms with Crippen LogP contribution in [0.25, 0.3) is 0 Å². The molecule has 1 N–H and O–H groups in total. The predicted molar refractivity (Wildman–Crippen MR) is 113 cm³/mol. The Bertz CT molecular complexity index is 874. The van der Waals surface area contributed by atoms with E-state index in [1.807, 2.05) is 39.0 Å². The Morgan fingerprint density at radius 2 is 1.76 bits per heavy atom. The fraction of sp³-hybridized carbons (Fsp3) is 0.391. The van der Waals surface area contributed by atoms with Gasteiger partial charge in [0, 0.05) is 5.69 Å². The first kappa shape index (κ1) is 22.3. The second kappa shape index (κ2) is 9.96. The van der Waals surface area contributed by atoms with E-state index in [2.05, 4.69) is 19.2 Å². The summed E-state index contributed by atoms with van der Waals surface area (Å²) < 4.78 is 16.1. The number of benzene rings is 2. The number of carbonyl (C=O) groups excluding carboxylic acids is 2. The summed E-state index contributed by atoms with van der Waals surface area (Å²) in [6, 6.07) is 10.6. The van der Waals surface area contributed by atoms with Gasteiger partial charge in [-0.25, -0.2) is 4.79 Å². The molecule has 0 bridgehead atoms. The van der Waals surface area contributed by atoms with Crippen LogP contribution in [0.3, 0.4) is 0 Å². The first-order chi connectivity index (χ1) is 13.7. The Balaban J connectivity index is 2.03. The van der Waals surface area contributed by atoms with Crippen LogP contribution < -0.4 is 14.8 Å². The highest BCUT2D eigenvalue weighted by Gasteiger charge is 2.16. The molecule has 0 aliphatic carbocycles. The van der Waals surface area contributed by atoms with Gasteiger partial charge in [-0.3, -0.25) is 4.79 Å². The van der Waals surface area contributed by atoms with E-state index in [-0.39, 0.29) is 30.1 Å². The number of aryl methyl sites for hydroxylation is 1. The molecule has 2 aromatic carbocycles. The normalized spacial score (nSPS) is 10.8. The lowest BCUT2D eigenvalue weighted by Gasteiger charge is -2.16. The van der Waals surface area contributed by atoms with Crippen LogP contribution >= 0.6 is 0 Å². The zero-order chi connectivity index (χ0) is 21.6. The monoisotopic (exact) mass is 399 g/mol. The lowest BCUT2D eigenvalue weighted by atomic mass is 9.98. The van der Waals surface area contributed by atoms with Gasteiger partial charge in [-0.05, 0) is 56.0 Å². The Labute approximate surface area is 172 Å². The third-order valence-electron chi connectivity index (χ3n) is 4.29. The van der Waals surface area contributed by atoms with Crippen molar-refractivity contribution in [2.75, 3.05) is 19.0 Å². The van der Waals surface area contributed by atoms with E-state index in [0.717, 1.165) is 16.8 Å². The molecule has 6 heteroatoms. The van der Waals surface area contributed by atoms with Crippen molar-refractivity contribution < 1.29 is 23.8 Å². The molecular weight excluding hydrogens is 370 g/mol. The molecule has 0 unspecified atom stereocenters. The maximum absolute atomic E-state index is 12.3. The Hall–Kier alpha value is -3.02. The molecule has 0 radical (unpaired) electrons. The van der Waals surface area contributed by atoms with E-state index < -0.39 is 5.97 Å². The van der Waals surface area contributed by atoms with Gasteiger partial charge in [-0.1, -0.05) is 32.0 Å². The van der Waals surface area contributed by atoms with Crippen LogP contribution in [-0.2, 0) is 9.53 Å². The molecule has 2 rings (SSSR count). The van der Waals surface area contributed by atoms with Crippen molar-refractivity contribution in [3.63, 3.8) is 0 Å². The van der Waals surface area contributed by atoms with Crippen LogP contribution in [-0.4, -0.2) is 31.7 Å². The summed E-state index contributed by atoms with van der Waals surface area (Å²) in [4.78, 5) is 24.7. The second-order valence-electron chi connectivity index (χ2n) is 7.35. The zero-order valence-electron chi connectivity index (χ0n) is 17.9. The summed E-state index contributed by atoms with van der Waals surface area (Å²) >= 11 is 0. The van der Waals surface area contributed by atoms with Gasteiger partial charge >= 0.3 is 5.97 Å². The molecule has 0 aromatic heterocycles. The van der Waals surface area contributed by atoms with E-state index in [1.54, 1.807) is 12.1 Å². The number of hydrogen-bond acceptors (Lipinski definition) is 5. The minimum Gasteiger partial charge on any atom is -0.493 e. The number of ether oxygens (including phenoxy) is 3. The highest BCUT2D eigenvalue weighted by molar-refractivity contribution is 5.96. The van der Waals surface area contributed by atoms with Crippen LogP contribution in [0.5, 0.6) is 11.5 Å². The number of rotatable bonds is 8. The number of nitrogens with one attached hydrogen (secondary N) is 1. The Morgan fingerprint density at radius 1 is 1.03 bits per heavy atom. The minimum atomic E-state index is -0.608. The average molecular weight is 399 g/mol. The van der Waals surface area contributed by atoms with E-state index in [9.17, 15) is 9.59 Å². The topological polar surface area (TPSA) is 73.9 Å². The number of para-hydroxylation sites is 1. The van der Waals surface area contributed by atoms with Gasteiger partial charge in [0.05, 0.1) is 18.8 Å². The summed E-state index contributed by atoms with van der Waals surface area (Å²) in [7, 11) is 1.50. The molecule has 2 aromatic rings. The van der Waals surface area contributed by atoms with Gasteiger partial charge in [0.1, 0.15) is 0 Å². The minimum absolute atomic E-state index is 0.0254. The van der Waals surface area contributed by atoms with Gasteiger partial charge in [-0.2, -0.15) is 0 Å². The molecule has 156 valence electrons. The summed E-state index contributed by atoms with van der Waals surface area (Å²) in [5, 5.41) is 2.86. The first-order valence-corrected chi connectivity index (χ1v) is 9.64. The predicted octanol–water partition coefficient (Wildman–Crippen LogP) is 4.71. The molecule has 29 heavy (non-hydrogen) atoms. The summed E-state index contributed by atoms with van der Waals surface area (Å²) in [5.41, 5.74) is 3.04. The average Bonchev–Trinajstić information content (AvgIpc) is 2.67. The molecule has 0 saturated carbocycles. The fourth-order valence-corrected chi connectivity index (χ4v) is 2.88. The molecule has 0 saturated heterocycles. The van der Waals surface area contributed by atoms with Crippen molar-refractivity contribution in [3.05, 3.63) is 53.1 Å². The fourth-order valence-electron chi connectivity index (χ4n) is 2.88. The van der Waals surface area contributed by atoms with Crippen LogP contribution in [0.2, 0.25) is 0 Å². The number of esters is 1. The number of hydrogen-bond donors (Lipinski definition) is 1. The van der Waals surface area contributed by atoms with Crippen molar-refractivity contribution in [3.8, 4) is 11.5 Å². The molecule has 0 heterocycles. The number of amides is 1. The zero-order valence-corrected chi connectivity index (χ0v) is 17.9. The maximum atomic E-state index is 12.3. The lowest BCUT2D eigenvalue weighted by Crippen LogP contribution is -2.22. The lowest BCUT2D eigenvalue weighted by molar-refractivity contribution is -0.119. The summed E-state index contributed by atoms with van der Waals surface area (Å²) in [6.07, 6.45) is -0.0254. The third-order valence-corrected chi connectivity index (χ3v) is 4.29. The van der Waals surface area contributed by atoms with Crippen molar-refractivity contribution in [2.45, 2.75) is 46.6 Å². The summed E-state index contributed by atoms with van der Waals surface area (Å²) in [6.45, 7) is 9.48. The molecule has 6 nitrogen and oxygen atoms in total. The van der Waals surface area contributed by atoms with Crippen molar-refractivity contribution in [1.29, 1.82) is 0 Å². The van der Waals surface area contributed by atoms with E-state index >= 15 is 0 Å². The standard InChI is InChI=1S/C23H29NO5/c1-14(2)18-9-7-8-16(5)22(18)24-21(25)13-28-23(26)17-10-11-19(29-15(3)4)20(12-17)27-6/h7-12,14-15H,13H2,1-6H3,(H,24,25). The largest absolute Gasteiger partial charge is 0.493 e. The smallest absolute Gasteiger partial charge is 0.338 e. The highest BCUT2D eigenvalue weighted by Crippen LogP contribution is 2.29. The van der Waals surface area contributed by atoms with Crippen LogP contribution in [0, 0.1) is 6.92 Å². The van der Waals surface area contributed by atoms with Crippen molar-refractivity contribution in [1.82, 2.24) is 0 Å². The van der Waals surface area contributed by atoms with Gasteiger partial charge in [0.2, 0.25) is 0 Å². The molecular formula is C23H29NO5. The Morgan fingerprint density at radius 3 is 2.38 bits per heavy atom. The molecule has 0 fully saturated rings. The molecule has 1 amide bonds. The van der Waals surface area contributed by atoms with Gasteiger partial charge in [0.25, 0.3) is 5.91 Å². The van der Waals surface area contributed by atoms with E-state index in [0.29, 0.717) is 11.5 Å². The summed E-state index contributed by atoms with van der Waals surface area (Å²) in [5.74, 6) is 0.230. The van der Waals surface area contributed by atoms with Gasteiger partial charge in [-0.15, -0.1) is 0 Å². The molecule has 0 spiro atoms. The van der Waals surface area contributed by atoms with Crippen LogP contribution in [0.15, 0.2) is 36.4 Å². The van der Waals surface area contributed by atoms with Gasteiger partial charge < -0.3 is 19.5 Å². The number of methoxy groups -OCH3 is 1. The third kappa shape index (κ3) is 5.98. The van der Waals surface area contributed by atoms with E-state index in [4.69, 9.17) is 14.2 Å². The SMILES string of the molecule is COc1cc(C(=O)OCC(=O)Nc2c(C)cccc2C(C)C)ccc1OC(C)C. The molecule has 0 aliphatic heterocycles.